The Labute approximate surface area is 253 Å². The molecule has 8 atom stereocenters. The van der Waals surface area contributed by atoms with E-state index in [0.717, 1.165) is 0 Å². The van der Waals surface area contributed by atoms with Crippen LogP contribution in [0.3, 0.4) is 0 Å². The topological polar surface area (TPSA) is 172 Å². The summed E-state index contributed by atoms with van der Waals surface area (Å²) in [7, 11) is 0. The molecule has 0 aromatic carbocycles. The minimum Gasteiger partial charge on any atom is -0.464 e. The molecule has 3 N–H and O–H groups in total. The zero-order valence-corrected chi connectivity index (χ0v) is 26.8. The summed E-state index contributed by atoms with van der Waals surface area (Å²) in [4.78, 5) is 34.9. The van der Waals surface area contributed by atoms with Crippen LogP contribution in [-0.4, -0.2) is 110 Å². The Bertz CT molecular complexity index is 968. The van der Waals surface area contributed by atoms with Gasteiger partial charge in [0.25, 0.3) is 0 Å². The molecule has 2 saturated heterocycles. The van der Waals surface area contributed by atoms with Crippen molar-refractivity contribution < 1.29 is 57.0 Å². The normalized spacial score (nSPS) is 33.5. The van der Waals surface area contributed by atoms with Gasteiger partial charge < -0.3 is 53.7 Å². The Morgan fingerprint density at radius 3 is 1.70 bits per heavy atom. The van der Waals surface area contributed by atoms with E-state index in [4.69, 9.17) is 48.4 Å². The summed E-state index contributed by atoms with van der Waals surface area (Å²) < 4.78 is 49.5. The average molecular weight is 619 g/mol. The smallest absolute Gasteiger partial charge is 0.407 e. The number of nitrogens with one attached hydrogen (secondary N) is 1. The number of rotatable bonds is 9. The van der Waals surface area contributed by atoms with Crippen LogP contribution in [0.4, 0.5) is 4.79 Å². The van der Waals surface area contributed by atoms with E-state index in [0.29, 0.717) is 26.1 Å². The van der Waals surface area contributed by atoms with Crippen LogP contribution in [0.25, 0.3) is 0 Å². The maximum absolute atomic E-state index is 12.1. The van der Waals surface area contributed by atoms with Crippen molar-refractivity contribution in [3.8, 4) is 0 Å². The van der Waals surface area contributed by atoms with Crippen molar-refractivity contribution in [2.24, 2.45) is 5.73 Å². The lowest BCUT2D eigenvalue weighted by atomic mass is 10.2. The van der Waals surface area contributed by atoms with Crippen molar-refractivity contribution in [2.75, 3.05) is 26.4 Å². The number of hydrogen-bond donors (Lipinski definition) is 2. The third kappa shape index (κ3) is 10.2. The highest BCUT2D eigenvalue weighted by Crippen LogP contribution is 2.40. The number of amides is 1. The van der Waals surface area contributed by atoms with Crippen LogP contribution < -0.4 is 11.1 Å². The molecular formula is C29H50N2O12. The molecule has 4 fully saturated rings. The maximum Gasteiger partial charge on any atom is 0.407 e. The summed E-state index contributed by atoms with van der Waals surface area (Å²) in [6, 6.07) is -0.446. The van der Waals surface area contributed by atoms with Crippen LogP contribution in [-0.2, 0) is 52.2 Å². The van der Waals surface area contributed by atoms with Gasteiger partial charge in [-0.2, -0.15) is 0 Å². The summed E-state index contributed by atoms with van der Waals surface area (Å²) in [6.45, 7) is 16.6. The number of fused-ring (bicyclic) bond motifs is 2. The first kappa shape index (κ1) is 35.4. The van der Waals surface area contributed by atoms with Gasteiger partial charge >= 0.3 is 18.0 Å². The first-order valence-electron chi connectivity index (χ1n) is 14.9. The first-order valence-corrected chi connectivity index (χ1v) is 14.9. The van der Waals surface area contributed by atoms with Crippen LogP contribution in [0.5, 0.6) is 0 Å². The highest BCUT2D eigenvalue weighted by atomic mass is 16.8. The van der Waals surface area contributed by atoms with E-state index in [1.54, 1.807) is 48.5 Å². The number of hydrogen-bond acceptors (Lipinski definition) is 13. The zero-order valence-electron chi connectivity index (χ0n) is 26.8. The third-order valence-electron chi connectivity index (χ3n) is 7.01. The minimum atomic E-state index is -0.783. The highest BCUT2D eigenvalue weighted by Gasteiger charge is 2.56. The van der Waals surface area contributed by atoms with Crippen LogP contribution in [0, 0.1) is 0 Å². The predicted octanol–water partition coefficient (Wildman–Crippen LogP) is 1.94. The second kappa shape index (κ2) is 14.4. The van der Waals surface area contributed by atoms with Crippen molar-refractivity contribution in [1.82, 2.24) is 5.32 Å². The predicted molar refractivity (Wildman–Crippen MR) is 151 cm³/mol. The molecule has 0 aromatic rings. The van der Waals surface area contributed by atoms with E-state index in [2.05, 4.69) is 5.32 Å². The molecule has 0 unspecified atom stereocenters. The lowest BCUT2D eigenvalue weighted by molar-refractivity contribution is -0.173. The Morgan fingerprint density at radius 2 is 1.21 bits per heavy atom. The molecule has 2 aliphatic carbocycles. The fraction of sp³-hybridized carbons (Fsp3) is 0.897. The van der Waals surface area contributed by atoms with Gasteiger partial charge in [-0.05, 0) is 75.2 Å². The number of ether oxygens (including phenoxy) is 9. The molecule has 14 heteroatoms. The van der Waals surface area contributed by atoms with Crippen LogP contribution in [0.1, 0.15) is 75.2 Å². The van der Waals surface area contributed by atoms with Gasteiger partial charge in [-0.25, -0.2) is 14.4 Å². The lowest BCUT2D eigenvalue weighted by Crippen LogP contribution is -2.45. The molecule has 14 nitrogen and oxygen atoms in total. The first-order chi connectivity index (χ1) is 19.9. The Balaban J connectivity index is 0.000000248. The van der Waals surface area contributed by atoms with E-state index in [1.807, 2.05) is 13.8 Å². The monoisotopic (exact) mass is 618 g/mol. The van der Waals surface area contributed by atoms with Crippen LogP contribution >= 0.6 is 0 Å². The van der Waals surface area contributed by atoms with Crippen molar-refractivity contribution in [2.45, 2.75) is 141 Å². The molecule has 1 amide bonds. The van der Waals surface area contributed by atoms with Crippen molar-refractivity contribution >= 4 is 18.0 Å². The molecule has 2 saturated carbocycles. The Hall–Kier alpha value is -2.07. The Morgan fingerprint density at radius 1 is 0.767 bits per heavy atom. The van der Waals surface area contributed by atoms with Gasteiger partial charge in [0.05, 0.1) is 31.5 Å². The SMILES string of the molecule is CCOC(=O)CO[C@H]1C[C@@H](N)[C@@H]2OC(C)(C)O[C@@H]21.CCOC(=O)CO[C@H]1C[C@@H](NC(=O)OC(C)(C)C)[C@@H]2OC(C)(C)O[C@@H]21. The second-order valence-corrected chi connectivity index (χ2v) is 12.8. The lowest BCUT2D eigenvalue weighted by Gasteiger charge is -2.25. The molecule has 248 valence electrons. The summed E-state index contributed by atoms with van der Waals surface area (Å²) >= 11 is 0. The number of alkyl carbamates (subject to hydrolysis) is 1. The summed E-state index contributed by atoms with van der Waals surface area (Å²) in [6.07, 6.45) is -1.12. The molecule has 0 aromatic heterocycles. The van der Waals surface area contributed by atoms with Crippen molar-refractivity contribution in [3.05, 3.63) is 0 Å². The van der Waals surface area contributed by atoms with E-state index in [9.17, 15) is 14.4 Å². The maximum atomic E-state index is 12.1. The largest absolute Gasteiger partial charge is 0.464 e. The van der Waals surface area contributed by atoms with Gasteiger partial charge in [-0.15, -0.1) is 0 Å². The van der Waals surface area contributed by atoms with E-state index >= 15 is 0 Å². The van der Waals surface area contributed by atoms with Gasteiger partial charge in [-0.3, -0.25) is 0 Å². The summed E-state index contributed by atoms with van der Waals surface area (Å²) in [5.41, 5.74) is 5.41. The molecule has 0 bridgehead atoms. The number of esters is 2. The molecule has 0 spiro atoms. The third-order valence-corrected chi connectivity index (χ3v) is 7.01. The highest BCUT2D eigenvalue weighted by molar-refractivity contribution is 5.71. The minimum absolute atomic E-state index is 0.0712. The molecular weight excluding hydrogens is 568 g/mol. The van der Waals surface area contributed by atoms with E-state index < -0.39 is 29.2 Å². The fourth-order valence-electron chi connectivity index (χ4n) is 5.59. The fourth-order valence-corrected chi connectivity index (χ4v) is 5.59. The average Bonchev–Trinajstić information content (AvgIpc) is 3.54. The number of nitrogens with two attached hydrogens (primary N) is 1. The number of carbonyl (C=O) groups excluding carboxylic acids is 3. The summed E-state index contributed by atoms with van der Waals surface area (Å²) in [5, 5.41) is 2.83. The number of carbonyl (C=O) groups is 3. The molecule has 0 radical (unpaired) electrons. The quantitative estimate of drug-likeness (QED) is 0.284. The van der Waals surface area contributed by atoms with Gasteiger partial charge in [-0.1, -0.05) is 0 Å². The molecule has 43 heavy (non-hydrogen) atoms. The standard InChI is InChI=1S/C17H29NO7.C12H21NO5/c1-7-21-12(19)9-22-11-8-10(18-15(20)25-16(2,3)4)13-14(11)24-17(5,6)23-13;1-4-15-9(14)6-16-8-5-7(13)10-11(8)18-12(2,3)17-10/h10-11,13-14H,7-9H2,1-6H3,(H,18,20);7-8,10-11H,4-6,13H2,1-3H3/t10-,11+,13+,14-;7-,8+,10+,11-/m11/s1. The molecule has 4 rings (SSSR count). The molecule has 4 aliphatic rings. The van der Waals surface area contributed by atoms with Gasteiger partial charge in [0, 0.05) is 6.04 Å². The van der Waals surface area contributed by atoms with Crippen LogP contribution in [0.2, 0.25) is 0 Å². The van der Waals surface area contributed by atoms with Gasteiger partial charge in [0.15, 0.2) is 11.6 Å². The van der Waals surface area contributed by atoms with E-state index in [1.165, 1.54) is 0 Å². The van der Waals surface area contributed by atoms with Crippen molar-refractivity contribution in [3.63, 3.8) is 0 Å². The summed E-state index contributed by atoms with van der Waals surface area (Å²) in [5.74, 6) is -2.22. The van der Waals surface area contributed by atoms with Gasteiger partial charge in [0.1, 0.15) is 43.2 Å². The second-order valence-electron chi connectivity index (χ2n) is 12.8. The van der Waals surface area contributed by atoms with Crippen LogP contribution in [0.15, 0.2) is 0 Å². The van der Waals surface area contributed by atoms with Gasteiger partial charge in [0.2, 0.25) is 0 Å². The Kier molecular flexibility index (Phi) is 11.8. The molecule has 2 aliphatic heterocycles. The van der Waals surface area contributed by atoms with Crippen molar-refractivity contribution in [1.29, 1.82) is 0 Å². The van der Waals surface area contributed by atoms with E-state index in [-0.39, 0.29) is 67.9 Å². The zero-order chi connectivity index (χ0) is 32.2. The molecule has 2 heterocycles.